The van der Waals surface area contributed by atoms with Gasteiger partial charge in [0, 0.05) is 25.2 Å². The summed E-state index contributed by atoms with van der Waals surface area (Å²) in [5, 5.41) is 9.12. The summed E-state index contributed by atoms with van der Waals surface area (Å²) in [4.78, 5) is 13.8. The lowest BCUT2D eigenvalue weighted by atomic mass is 10.1. The molecular weight excluding hydrogens is 246 g/mol. The molecule has 1 aromatic rings. The number of hydrazine groups is 1. The molecule has 6 nitrogen and oxygen atoms in total. The molecule has 0 aromatic heterocycles. The number of nitrogens with one attached hydrogen (secondary N) is 1. The van der Waals surface area contributed by atoms with Crippen LogP contribution in [0.4, 0.5) is 0 Å². The summed E-state index contributed by atoms with van der Waals surface area (Å²) >= 11 is 0. The zero-order chi connectivity index (χ0) is 13.7. The van der Waals surface area contributed by atoms with E-state index in [9.17, 15) is 4.79 Å². The highest BCUT2D eigenvalue weighted by Gasteiger charge is 2.21. The SMILES string of the molecule is NNC(=O)c1ccccc1CN1CCOC(CO)C1. The van der Waals surface area contributed by atoms with E-state index in [-0.39, 0.29) is 18.6 Å². The fourth-order valence-corrected chi connectivity index (χ4v) is 2.23. The lowest BCUT2D eigenvalue weighted by molar-refractivity contribution is -0.0551. The minimum absolute atomic E-state index is 0.0153. The third-order valence-electron chi connectivity index (χ3n) is 3.21. The number of carbonyl (C=O) groups excluding carboxylic acids is 1. The van der Waals surface area contributed by atoms with Crippen LogP contribution < -0.4 is 11.3 Å². The molecule has 19 heavy (non-hydrogen) atoms. The van der Waals surface area contributed by atoms with Crippen molar-refractivity contribution in [1.82, 2.24) is 10.3 Å². The van der Waals surface area contributed by atoms with Gasteiger partial charge < -0.3 is 9.84 Å². The van der Waals surface area contributed by atoms with Gasteiger partial charge in [-0.25, -0.2) is 5.84 Å². The molecule has 1 aromatic carbocycles. The Hall–Kier alpha value is -1.47. The van der Waals surface area contributed by atoms with Gasteiger partial charge in [-0.15, -0.1) is 0 Å². The maximum Gasteiger partial charge on any atom is 0.265 e. The molecule has 4 N–H and O–H groups in total. The Bertz CT molecular complexity index is 439. The molecule has 1 saturated heterocycles. The molecule has 2 rings (SSSR count). The Morgan fingerprint density at radius 1 is 1.53 bits per heavy atom. The van der Waals surface area contributed by atoms with Crippen molar-refractivity contribution in [3.8, 4) is 0 Å². The first-order valence-corrected chi connectivity index (χ1v) is 6.28. The van der Waals surface area contributed by atoms with Gasteiger partial charge in [-0.3, -0.25) is 15.1 Å². The van der Waals surface area contributed by atoms with Gasteiger partial charge in [0.2, 0.25) is 0 Å². The number of aliphatic hydroxyl groups is 1. The fraction of sp³-hybridized carbons (Fsp3) is 0.462. The van der Waals surface area contributed by atoms with Crippen molar-refractivity contribution >= 4 is 5.91 Å². The average Bonchev–Trinajstić information content (AvgIpc) is 2.47. The van der Waals surface area contributed by atoms with Gasteiger partial charge in [-0.2, -0.15) is 0 Å². The van der Waals surface area contributed by atoms with E-state index in [1.165, 1.54) is 0 Å². The number of nitrogen functional groups attached to an aromatic ring is 1. The van der Waals surface area contributed by atoms with Crippen molar-refractivity contribution in [2.24, 2.45) is 5.84 Å². The number of nitrogens with two attached hydrogens (primary N) is 1. The monoisotopic (exact) mass is 265 g/mol. The highest BCUT2D eigenvalue weighted by Crippen LogP contribution is 2.14. The topological polar surface area (TPSA) is 87.8 Å². The normalized spacial score (nSPS) is 20.2. The minimum atomic E-state index is -0.289. The van der Waals surface area contributed by atoms with Crippen LogP contribution in [0, 0.1) is 0 Å². The van der Waals surface area contributed by atoms with E-state index in [0.29, 0.717) is 25.3 Å². The van der Waals surface area contributed by atoms with Crippen LogP contribution in [-0.2, 0) is 11.3 Å². The number of ether oxygens (including phenoxy) is 1. The standard InChI is InChI=1S/C13H19N3O3/c14-15-13(18)12-4-2-1-3-10(12)7-16-5-6-19-11(8-16)9-17/h1-4,11,17H,5-9,14H2,(H,15,18). The van der Waals surface area contributed by atoms with Gasteiger partial charge >= 0.3 is 0 Å². The molecule has 1 heterocycles. The Balaban J connectivity index is 2.08. The number of amides is 1. The summed E-state index contributed by atoms with van der Waals surface area (Å²) in [6.45, 7) is 2.70. The lowest BCUT2D eigenvalue weighted by Gasteiger charge is -2.32. The Kier molecular flexibility index (Phi) is 4.86. The number of rotatable bonds is 4. The van der Waals surface area contributed by atoms with E-state index < -0.39 is 0 Å². The number of morpholine rings is 1. The Morgan fingerprint density at radius 2 is 2.32 bits per heavy atom. The Labute approximate surface area is 112 Å². The molecular formula is C13H19N3O3. The maximum absolute atomic E-state index is 11.7. The van der Waals surface area contributed by atoms with E-state index in [1.807, 2.05) is 18.2 Å². The predicted molar refractivity (Wildman–Crippen MR) is 70.2 cm³/mol. The van der Waals surface area contributed by atoms with Crippen molar-refractivity contribution in [3.63, 3.8) is 0 Å². The van der Waals surface area contributed by atoms with E-state index >= 15 is 0 Å². The van der Waals surface area contributed by atoms with Gasteiger partial charge in [0.05, 0.1) is 19.3 Å². The molecule has 0 aliphatic carbocycles. The number of carbonyl (C=O) groups is 1. The number of hydrogen-bond donors (Lipinski definition) is 3. The van der Waals surface area contributed by atoms with Crippen molar-refractivity contribution in [2.45, 2.75) is 12.6 Å². The van der Waals surface area contributed by atoms with Crippen LogP contribution >= 0.6 is 0 Å². The molecule has 1 atom stereocenters. The van der Waals surface area contributed by atoms with E-state index in [4.69, 9.17) is 15.7 Å². The average molecular weight is 265 g/mol. The van der Waals surface area contributed by atoms with Crippen LogP contribution in [0.1, 0.15) is 15.9 Å². The lowest BCUT2D eigenvalue weighted by Crippen LogP contribution is -2.43. The molecule has 0 spiro atoms. The first-order valence-electron chi connectivity index (χ1n) is 6.28. The van der Waals surface area contributed by atoms with Crippen molar-refractivity contribution in [2.75, 3.05) is 26.3 Å². The molecule has 6 heteroatoms. The largest absolute Gasteiger partial charge is 0.394 e. The van der Waals surface area contributed by atoms with Crippen LogP contribution in [0.2, 0.25) is 0 Å². The quantitative estimate of drug-likeness (QED) is 0.387. The number of hydrogen-bond acceptors (Lipinski definition) is 5. The smallest absolute Gasteiger partial charge is 0.265 e. The summed E-state index contributed by atoms with van der Waals surface area (Å²) < 4.78 is 5.40. The van der Waals surface area contributed by atoms with Crippen LogP contribution in [0.15, 0.2) is 24.3 Å². The van der Waals surface area contributed by atoms with Gasteiger partial charge in [0.1, 0.15) is 0 Å². The molecule has 1 aliphatic rings. The zero-order valence-electron chi connectivity index (χ0n) is 10.7. The Morgan fingerprint density at radius 3 is 3.05 bits per heavy atom. The first-order chi connectivity index (χ1) is 9.24. The number of aliphatic hydroxyl groups excluding tert-OH is 1. The third kappa shape index (κ3) is 3.51. The summed E-state index contributed by atoms with van der Waals surface area (Å²) in [6, 6.07) is 7.37. The molecule has 1 fully saturated rings. The van der Waals surface area contributed by atoms with Crippen LogP contribution in [0.25, 0.3) is 0 Å². The molecule has 0 saturated carbocycles. The van der Waals surface area contributed by atoms with Crippen LogP contribution in [0.5, 0.6) is 0 Å². The second-order valence-corrected chi connectivity index (χ2v) is 4.54. The molecule has 0 bridgehead atoms. The zero-order valence-corrected chi connectivity index (χ0v) is 10.7. The van der Waals surface area contributed by atoms with Crippen LogP contribution in [-0.4, -0.2) is 48.3 Å². The highest BCUT2D eigenvalue weighted by molar-refractivity contribution is 5.95. The molecule has 1 unspecified atom stereocenters. The van der Waals surface area contributed by atoms with Gasteiger partial charge in [-0.05, 0) is 11.6 Å². The fourth-order valence-electron chi connectivity index (χ4n) is 2.23. The summed E-state index contributed by atoms with van der Waals surface area (Å²) in [6.07, 6.45) is -0.149. The minimum Gasteiger partial charge on any atom is -0.394 e. The second-order valence-electron chi connectivity index (χ2n) is 4.54. The summed E-state index contributed by atoms with van der Waals surface area (Å²) in [7, 11) is 0. The highest BCUT2D eigenvalue weighted by atomic mass is 16.5. The molecule has 1 aliphatic heterocycles. The summed E-state index contributed by atoms with van der Waals surface area (Å²) in [5.74, 6) is 4.89. The predicted octanol–water partition coefficient (Wildman–Crippen LogP) is -0.517. The van der Waals surface area contributed by atoms with Crippen molar-refractivity contribution in [3.05, 3.63) is 35.4 Å². The van der Waals surface area contributed by atoms with E-state index in [0.717, 1.165) is 12.1 Å². The first kappa shape index (κ1) is 14.0. The maximum atomic E-state index is 11.7. The van der Waals surface area contributed by atoms with Crippen molar-refractivity contribution in [1.29, 1.82) is 0 Å². The summed E-state index contributed by atoms with van der Waals surface area (Å²) in [5.41, 5.74) is 3.66. The third-order valence-corrected chi connectivity index (χ3v) is 3.21. The number of benzene rings is 1. The van der Waals surface area contributed by atoms with Crippen LogP contribution in [0.3, 0.4) is 0 Å². The molecule has 1 amide bonds. The number of nitrogens with zero attached hydrogens (tertiary/aromatic N) is 1. The van der Waals surface area contributed by atoms with Gasteiger partial charge in [0.25, 0.3) is 5.91 Å². The van der Waals surface area contributed by atoms with Gasteiger partial charge in [-0.1, -0.05) is 18.2 Å². The van der Waals surface area contributed by atoms with Crippen molar-refractivity contribution < 1.29 is 14.6 Å². The van der Waals surface area contributed by atoms with Gasteiger partial charge in [0.15, 0.2) is 0 Å². The molecule has 0 radical (unpaired) electrons. The van der Waals surface area contributed by atoms with E-state index in [1.54, 1.807) is 6.07 Å². The molecule has 104 valence electrons. The second kappa shape index (κ2) is 6.63. The van der Waals surface area contributed by atoms with E-state index in [2.05, 4.69) is 10.3 Å².